The molecule has 0 aliphatic carbocycles. The van der Waals surface area contributed by atoms with Crippen molar-refractivity contribution in [3.63, 3.8) is 0 Å². The summed E-state index contributed by atoms with van der Waals surface area (Å²) in [6.07, 6.45) is 1.72. The van der Waals surface area contributed by atoms with Crippen LogP contribution in [0.25, 0.3) is 0 Å². The van der Waals surface area contributed by atoms with Gasteiger partial charge in [0, 0.05) is 19.6 Å². The second kappa shape index (κ2) is 6.19. The van der Waals surface area contributed by atoms with Crippen LogP contribution >= 0.6 is 0 Å². The molecule has 0 amide bonds. The van der Waals surface area contributed by atoms with E-state index in [4.69, 9.17) is 9.47 Å². The number of H-pyrrole nitrogens is 1. The van der Waals surface area contributed by atoms with Gasteiger partial charge in [-0.05, 0) is 19.3 Å². The third-order valence-electron chi connectivity index (χ3n) is 3.32. The number of esters is 1. The first-order valence-electron chi connectivity index (χ1n) is 6.55. The smallest absolute Gasteiger partial charge is 0.367 e. The maximum Gasteiger partial charge on any atom is 0.367 e. The molecular formula is C12H17N3O6. The highest BCUT2D eigenvalue weighted by atomic mass is 16.7. The van der Waals surface area contributed by atoms with E-state index >= 15 is 0 Å². The molecule has 1 aliphatic rings. The van der Waals surface area contributed by atoms with Crippen LogP contribution in [0.5, 0.6) is 0 Å². The Morgan fingerprint density at radius 3 is 2.95 bits per heavy atom. The average Bonchev–Trinajstić information content (AvgIpc) is 2.97. The van der Waals surface area contributed by atoms with Crippen molar-refractivity contribution in [1.29, 1.82) is 0 Å². The largest absolute Gasteiger partial charge is 0.464 e. The fraction of sp³-hybridized carbons (Fsp3) is 0.667. The Balaban J connectivity index is 2.22. The molecule has 1 N–H and O–H groups in total. The van der Waals surface area contributed by atoms with E-state index in [0.29, 0.717) is 13.0 Å². The molecule has 0 bridgehead atoms. The normalized spacial score (nSPS) is 21.5. The molecule has 1 aromatic rings. The van der Waals surface area contributed by atoms with Gasteiger partial charge in [-0.2, -0.15) is 5.10 Å². The summed E-state index contributed by atoms with van der Waals surface area (Å²) in [5.74, 6) is -0.683. The molecule has 1 aromatic heterocycles. The van der Waals surface area contributed by atoms with E-state index in [2.05, 4.69) is 14.9 Å². The van der Waals surface area contributed by atoms with E-state index < -0.39 is 22.9 Å². The fourth-order valence-corrected chi connectivity index (χ4v) is 2.03. The monoisotopic (exact) mass is 299 g/mol. The van der Waals surface area contributed by atoms with Gasteiger partial charge in [0.25, 0.3) is 0 Å². The number of methoxy groups -OCH3 is 1. The molecule has 2 heterocycles. The van der Waals surface area contributed by atoms with Crippen LogP contribution in [0, 0.1) is 10.1 Å². The number of aromatic amines is 1. The van der Waals surface area contributed by atoms with Crippen LogP contribution in [-0.4, -0.2) is 41.1 Å². The topological polar surface area (TPSA) is 117 Å². The summed E-state index contributed by atoms with van der Waals surface area (Å²) in [4.78, 5) is 22.2. The summed E-state index contributed by atoms with van der Waals surface area (Å²) in [5, 5.41) is 17.6. The molecule has 2 rings (SSSR count). The third-order valence-corrected chi connectivity index (χ3v) is 3.32. The average molecular weight is 299 g/mol. The lowest BCUT2D eigenvalue weighted by atomic mass is 10.1. The van der Waals surface area contributed by atoms with Crippen LogP contribution in [0.4, 0.5) is 0 Å². The van der Waals surface area contributed by atoms with E-state index in [-0.39, 0.29) is 11.4 Å². The number of nitrogens with zero attached hydrogens (tertiary/aromatic N) is 2. The Morgan fingerprint density at radius 2 is 2.38 bits per heavy atom. The number of hydrogen-bond acceptors (Lipinski definition) is 7. The Labute approximate surface area is 120 Å². The lowest BCUT2D eigenvalue weighted by Gasteiger charge is -2.28. The first kappa shape index (κ1) is 15.4. The highest BCUT2D eigenvalue weighted by Gasteiger charge is 2.46. The highest BCUT2D eigenvalue weighted by molar-refractivity contribution is 5.87. The van der Waals surface area contributed by atoms with E-state index in [1.165, 1.54) is 20.1 Å². The van der Waals surface area contributed by atoms with Gasteiger partial charge in [0.2, 0.25) is 0 Å². The minimum Gasteiger partial charge on any atom is -0.464 e. The quantitative estimate of drug-likeness (QED) is 0.375. The van der Waals surface area contributed by atoms with Crippen LogP contribution in [0.15, 0.2) is 6.07 Å². The maximum atomic E-state index is 11.4. The lowest BCUT2D eigenvalue weighted by molar-refractivity contribution is -0.647. The molecule has 1 aliphatic heterocycles. The molecule has 21 heavy (non-hydrogen) atoms. The van der Waals surface area contributed by atoms with Gasteiger partial charge >= 0.3 is 11.7 Å². The van der Waals surface area contributed by atoms with Crippen LogP contribution in [0.3, 0.4) is 0 Å². The van der Waals surface area contributed by atoms with Gasteiger partial charge < -0.3 is 9.47 Å². The van der Waals surface area contributed by atoms with Crippen LogP contribution in [0.1, 0.15) is 42.4 Å². The Morgan fingerprint density at radius 1 is 1.62 bits per heavy atom. The number of aromatic nitrogens is 2. The molecule has 0 radical (unpaired) electrons. The van der Waals surface area contributed by atoms with Crippen molar-refractivity contribution < 1.29 is 23.9 Å². The SMILES string of the molecule is COC(=O)c1cc(C(C)(OC2CCCCO2)[N+](=O)[O-])[nH]n1. The maximum absolute atomic E-state index is 11.4. The van der Waals surface area contributed by atoms with Crippen molar-refractivity contribution in [1.82, 2.24) is 10.2 Å². The van der Waals surface area contributed by atoms with Gasteiger partial charge in [-0.15, -0.1) is 0 Å². The van der Waals surface area contributed by atoms with Crippen molar-refractivity contribution in [3.8, 4) is 0 Å². The van der Waals surface area contributed by atoms with Crippen molar-refractivity contribution >= 4 is 5.97 Å². The van der Waals surface area contributed by atoms with E-state index in [0.717, 1.165) is 12.8 Å². The van der Waals surface area contributed by atoms with E-state index in [1.54, 1.807) is 0 Å². The number of carbonyl (C=O) groups excluding carboxylic acids is 1. The van der Waals surface area contributed by atoms with Gasteiger partial charge in [0.1, 0.15) is 5.69 Å². The van der Waals surface area contributed by atoms with Gasteiger partial charge in [-0.25, -0.2) is 4.79 Å². The van der Waals surface area contributed by atoms with Crippen molar-refractivity contribution in [3.05, 3.63) is 27.6 Å². The zero-order valence-corrected chi connectivity index (χ0v) is 11.8. The zero-order chi connectivity index (χ0) is 15.5. The predicted molar refractivity (Wildman–Crippen MR) is 68.9 cm³/mol. The summed E-state index contributed by atoms with van der Waals surface area (Å²) < 4.78 is 15.4. The molecule has 9 nitrogen and oxygen atoms in total. The minimum atomic E-state index is -1.87. The Kier molecular flexibility index (Phi) is 4.53. The molecule has 0 spiro atoms. The van der Waals surface area contributed by atoms with Gasteiger partial charge in [-0.3, -0.25) is 19.9 Å². The van der Waals surface area contributed by atoms with Crippen LogP contribution in [-0.2, 0) is 19.9 Å². The van der Waals surface area contributed by atoms with E-state index in [1.807, 2.05) is 0 Å². The second-order valence-electron chi connectivity index (χ2n) is 4.81. The van der Waals surface area contributed by atoms with Crippen LogP contribution < -0.4 is 0 Å². The molecule has 9 heteroatoms. The molecule has 116 valence electrons. The number of carbonyl (C=O) groups is 1. The number of hydrogen-bond donors (Lipinski definition) is 1. The lowest BCUT2D eigenvalue weighted by Crippen LogP contribution is -2.41. The molecule has 0 saturated carbocycles. The van der Waals surface area contributed by atoms with Gasteiger partial charge in [-0.1, -0.05) is 0 Å². The summed E-state index contributed by atoms with van der Waals surface area (Å²) in [6.45, 7) is 1.80. The summed E-state index contributed by atoms with van der Waals surface area (Å²) >= 11 is 0. The number of ether oxygens (including phenoxy) is 3. The minimum absolute atomic E-state index is 0.0475. The molecule has 1 fully saturated rings. The first-order valence-corrected chi connectivity index (χ1v) is 6.55. The first-order chi connectivity index (χ1) is 9.97. The Bertz CT molecular complexity index is 525. The number of nitro groups is 1. The molecular weight excluding hydrogens is 282 g/mol. The molecule has 0 aromatic carbocycles. The summed E-state index contributed by atoms with van der Waals surface area (Å²) in [7, 11) is 1.20. The van der Waals surface area contributed by atoms with Crippen molar-refractivity contribution in [2.24, 2.45) is 0 Å². The van der Waals surface area contributed by atoms with Gasteiger partial charge in [0.15, 0.2) is 12.0 Å². The second-order valence-corrected chi connectivity index (χ2v) is 4.81. The van der Waals surface area contributed by atoms with Crippen molar-refractivity contribution in [2.75, 3.05) is 13.7 Å². The number of nitrogens with one attached hydrogen (secondary N) is 1. The Hall–Kier alpha value is -2.00. The van der Waals surface area contributed by atoms with E-state index in [9.17, 15) is 14.9 Å². The number of rotatable bonds is 5. The molecule has 2 atom stereocenters. The van der Waals surface area contributed by atoms with Crippen LogP contribution in [0.2, 0.25) is 0 Å². The predicted octanol–water partition coefficient (Wildman–Crippen LogP) is 1.19. The summed E-state index contributed by atoms with van der Waals surface area (Å²) in [6, 6.07) is 1.25. The molecule has 1 saturated heterocycles. The fourth-order valence-electron chi connectivity index (χ4n) is 2.03. The molecule has 2 unspecified atom stereocenters. The van der Waals surface area contributed by atoms with Gasteiger partial charge in [0.05, 0.1) is 12.0 Å². The summed E-state index contributed by atoms with van der Waals surface area (Å²) in [5.41, 5.74) is -1.86. The highest BCUT2D eigenvalue weighted by Crippen LogP contribution is 2.29. The third kappa shape index (κ3) is 3.19. The van der Waals surface area contributed by atoms with Crippen molar-refractivity contribution in [2.45, 2.75) is 38.2 Å². The standard InChI is InChI=1S/C12H17N3O6/c1-12(15(17)18,21-10-5-3-4-6-20-10)9-7-8(13-14-9)11(16)19-2/h7,10H,3-6H2,1-2H3,(H,13,14). The zero-order valence-electron chi connectivity index (χ0n) is 11.8.